The third kappa shape index (κ3) is 2.71. The maximum absolute atomic E-state index is 12.4. The summed E-state index contributed by atoms with van der Waals surface area (Å²) in [5.74, 6) is -0.419. The van der Waals surface area contributed by atoms with Crippen molar-refractivity contribution >= 4 is 22.0 Å². The van der Waals surface area contributed by atoms with Gasteiger partial charge in [-0.3, -0.25) is 10.1 Å². The zero-order chi connectivity index (χ0) is 15.8. The van der Waals surface area contributed by atoms with Crippen LogP contribution in [0.1, 0.15) is 18.4 Å². The SMILES string of the molecule is O=C1NC(=O)C2(CCN(S(=O)(=O)Cc3ccccc3)CC2)N1. The summed E-state index contributed by atoms with van der Waals surface area (Å²) in [5, 5.41) is 4.83. The summed E-state index contributed by atoms with van der Waals surface area (Å²) in [7, 11) is -3.42. The van der Waals surface area contributed by atoms with Crippen molar-refractivity contribution in [2.75, 3.05) is 13.1 Å². The fraction of sp³-hybridized carbons (Fsp3) is 0.429. The number of imide groups is 1. The molecule has 1 spiro atoms. The lowest BCUT2D eigenvalue weighted by Gasteiger charge is -2.36. The highest BCUT2D eigenvalue weighted by Crippen LogP contribution is 2.27. The van der Waals surface area contributed by atoms with Crippen LogP contribution in [0.3, 0.4) is 0 Å². The van der Waals surface area contributed by atoms with Crippen molar-refractivity contribution in [1.29, 1.82) is 0 Å². The van der Waals surface area contributed by atoms with Gasteiger partial charge < -0.3 is 5.32 Å². The lowest BCUT2D eigenvalue weighted by molar-refractivity contribution is -0.125. The first-order valence-corrected chi connectivity index (χ1v) is 8.68. The fourth-order valence-electron chi connectivity index (χ4n) is 2.90. The maximum atomic E-state index is 12.4. The lowest BCUT2D eigenvalue weighted by atomic mass is 9.89. The quantitative estimate of drug-likeness (QED) is 0.776. The summed E-state index contributed by atoms with van der Waals surface area (Å²) in [6.07, 6.45) is 0.581. The predicted octanol–water partition coefficient (Wildman–Crippen LogP) is 0.190. The van der Waals surface area contributed by atoms with Crippen LogP contribution >= 0.6 is 0 Å². The number of hydrogen-bond acceptors (Lipinski definition) is 4. The Kier molecular flexibility index (Phi) is 3.65. The Morgan fingerprint density at radius 1 is 1.09 bits per heavy atom. The molecule has 22 heavy (non-hydrogen) atoms. The number of hydrogen-bond donors (Lipinski definition) is 2. The highest BCUT2D eigenvalue weighted by atomic mass is 32.2. The first kappa shape index (κ1) is 15.0. The van der Waals surface area contributed by atoms with Gasteiger partial charge in [-0.25, -0.2) is 17.5 Å². The Hall–Kier alpha value is -1.93. The number of carbonyl (C=O) groups excluding carboxylic acids is 2. The standard InChI is InChI=1S/C14H17N3O4S/c18-12-14(16-13(19)15-12)6-8-17(9-7-14)22(20,21)10-11-4-2-1-3-5-11/h1-5H,6-10H2,(H2,15,16,18,19). The van der Waals surface area contributed by atoms with E-state index >= 15 is 0 Å². The van der Waals surface area contributed by atoms with Crippen molar-refractivity contribution in [3.63, 3.8) is 0 Å². The maximum Gasteiger partial charge on any atom is 0.322 e. The molecule has 0 bridgehead atoms. The molecule has 3 rings (SSSR count). The van der Waals surface area contributed by atoms with Gasteiger partial charge in [0.05, 0.1) is 5.75 Å². The molecule has 0 saturated carbocycles. The van der Waals surface area contributed by atoms with Gasteiger partial charge >= 0.3 is 6.03 Å². The molecule has 8 heteroatoms. The monoisotopic (exact) mass is 323 g/mol. The van der Waals surface area contributed by atoms with Crippen molar-refractivity contribution in [3.05, 3.63) is 35.9 Å². The summed E-state index contributed by atoms with van der Waals surface area (Å²) in [4.78, 5) is 23.1. The number of urea groups is 1. The summed E-state index contributed by atoms with van der Waals surface area (Å²) >= 11 is 0. The van der Waals surface area contributed by atoms with Crippen LogP contribution in [0.5, 0.6) is 0 Å². The highest BCUT2D eigenvalue weighted by molar-refractivity contribution is 7.88. The van der Waals surface area contributed by atoms with E-state index in [-0.39, 0.29) is 24.7 Å². The summed E-state index contributed by atoms with van der Waals surface area (Å²) in [6.45, 7) is 0.450. The van der Waals surface area contributed by atoms with Gasteiger partial charge in [0.15, 0.2) is 0 Å². The fourth-order valence-corrected chi connectivity index (χ4v) is 4.44. The van der Waals surface area contributed by atoms with Crippen LogP contribution < -0.4 is 10.6 Å². The van der Waals surface area contributed by atoms with Gasteiger partial charge in [0.25, 0.3) is 5.91 Å². The summed E-state index contributed by atoms with van der Waals surface area (Å²) < 4.78 is 26.3. The average Bonchev–Trinajstić information content (AvgIpc) is 2.74. The van der Waals surface area contributed by atoms with Crippen LogP contribution in [0.25, 0.3) is 0 Å². The minimum absolute atomic E-state index is 0.0562. The average molecular weight is 323 g/mol. The first-order valence-electron chi connectivity index (χ1n) is 7.07. The van der Waals surface area contributed by atoms with Gasteiger partial charge in [0, 0.05) is 13.1 Å². The Morgan fingerprint density at radius 2 is 1.73 bits per heavy atom. The van der Waals surface area contributed by atoms with Gasteiger partial charge in [-0.05, 0) is 18.4 Å². The zero-order valence-corrected chi connectivity index (χ0v) is 12.7. The van der Waals surface area contributed by atoms with Gasteiger partial charge in [0.1, 0.15) is 5.54 Å². The molecule has 1 aromatic carbocycles. The van der Waals surface area contributed by atoms with Crippen LogP contribution in [0.4, 0.5) is 4.79 Å². The molecule has 0 aromatic heterocycles. The molecular weight excluding hydrogens is 306 g/mol. The van der Waals surface area contributed by atoms with Crippen LogP contribution in [0.15, 0.2) is 30.3 Å². The normalized spacial score (nSPS) is 21.6. The molecule has 0 aliphatic carbocycles. The molecule has 2 aliphatic rings. The number of benzene rings is 1. The van der Waals surface area contributed by atoms with E-state index in [0.29, 0.717) is 12.8 Å². The second-order valence-corrected chi connectivity index (χ2v) is 7.60. The molecule has 2 heterocycles. The second-order valence-electron chi connectivity index (χ2n) is 5.63. The summed E-state index contributed by atoms with van der Waals surface area (Å²) in [5.41, 5.74) is -0.217. The molecule has 3 amide bonds. The molecule has 2 fully saturated rings. The van der Waals surface area contributed by atoms with Crippen molar-refractivity contribution < 1.29 is 18.0 Å². The van der Waals surface area contributed by atoms with Crippen molar-refractivity contribution in [3.8, 4) is 0 Å². The molecule has 1 aromatic rings. The first-order chi connectivity index (χ1) is 10.4. The minimum Gasteiger partial charge on any atom is -0.323 e. The van der Waals surface area contributed by atoms with Gasteiger partial charge in [0.2, 0.25) is 10.0 Å². The molecule has 0 atom stereocenters. The van der Waals surface area contributed by atoms with E-state index in [1.165, 1.54) is 4.31 Å². The Balaban J connectivity index is 1.68. The number of nitrogens with zero attached hydrogens (tertiary/aromatic N) is 1. The molecule has 2 N–H and O–H groups in total. The van der Waals surface area contributed by atoms with Gasteiger partial charge in [-0.2, -0.15) is 0 Å². The topological polar surface area (TPSA) is 95.6 Å². The summed E-state index contributed by atoms with van der Waals surface area (Å²) in [6, 6.07) is 8.47. The van der Waals surface area contributed by atoms with E-state index in [4.69, 9.17) is 0 Å². The van der Waals surface area contributed by atoms with E-state index in [0.717, 1.165) is 5.56 Å². The number of piperidine rings is 1. The molecule has 0 unspecified atom stereocenters. The van der Waals surface area contributed by atoms with E-state index < -0.39 is 21.6 Å². The molecule has 7 nitrogen and oxygen atoms in total. The van der Waals surface area contributed by atoms with E-state index in [1.54, 1.807) is 24.3 Å². The molecule has 2 aliphatic heterocycles. The predicted molar refractivity (Wildman–Crippen MR) is 79.3 cm³/mol. The second kappa shape index (κ2) is 5.36. The Morgan fingerprint density at radius 3 is 2.27 bits per heavy atom. The van der Waals surface area contributed by atoms with Crippen molar-refractivity contribution in [2.45, 2.75) is 24.1 Å². The lowest BCUT2D eigenvalue weighted by Crippen LogP contribution is -2.55. The Labute approximate surface area is 128 Å². The van der Waals surface area contributed by atoms with Crippen molar-refractivity contribution in [2.24, 2.45) is 0 Å². The van der Waals surface area contributed by atoms with Crippen LogP contribution in [-0.2, 0) is 20.6 Å². The van der Waals surface area contributed by atoms with Crippen LogP contribution in [0.2, 0.25) is 0 Å². The number of rotatable bonds is 3. The number of sulfonamides is 1. The van der Waals surface area contributed by atoms with E-state index in [1.807, 2.05) is 6.07 Å². The van der Waals surface area contributed by atoms with Gasteiger partial charge in [-0.1, -0.05) is 30.3 Å². The van der Waals surface area contributed by atoms with Gasteiger partial charge in [-0.15, -0.1) is 0 Å². The smallest absolute Gasteiger partial charge is 0.322 e. The third-order valence-corrected chi connectivity index (χ3v) is 6.03. The van der Waals surface area contributed by atoms with E-state index in [2.05, 4.69) is 10.6 Å². The molecular formula is C14H17N3O4S. The number of nitrogens with one attached hydrogen (secondary N) is 2. The third-order valence-electron chi connectivity index (χ3n) is 4.18. The van der Waals surface area contributed by atoms with Crippen LogP contribution in [0, 0.1) is 0 Å². The molecule has 2 saturated heterocycles. The highest BCUT2D eigenvalue weighted by Gasteiger charge is 2.49. The molecule has 0 radical (unpaired) electrons. The number of carbonyl (C=O) groups is 2. The zero-order valence-electron chi connectivity index (χ0n) is 11.9. The minimum atomic E-state index is -3.42. The van der Waals surface area contributed by atoms with Crippen LogP contribution in [-0.4, -0.2) is 43.3 Å². The molecule has 118 valence electrons. The Bertz CT molecular complexity index is 694. The largest absolute Gasteiger partial charge is 0.323 e. The number of amides is 3. The van der Waals surface area contributed by atoms with Crippen molar-refractivity contribution in [1.82, 2.24) is 14.9 Å². The van der Waals surface area contributed by atoms with E-state index in [9.17, 15) is 18.0 Å².